The SMILES string of the molecule is CSc1ccc(C(=O)NCc2nc(-c3ccc(Cl)cc3)no2)o1. The van der Waals surface area contributed by atoms with Crippen LogP contribution in [0, 0.1) is 0 Å². The van der Waals surface area contributed by atoms with Crippen LogP contribution in [0.25, 0.3) is 11.4 Å². The van der Waals surface area contributed by atoms with Crippen molar-refractivity contribution in [3.63, 3.8) is 0 Å². The Labute approximate surface area is 141 Å². The number of benzene rings is 1. The van der Waals surface area contributed by atoms with Crippen LogP contribution in [0.2, 0.25) is 5.02 Å². The van der Waals surface area contributed by atoms with Crippen LogP contribution in [0.15, 0.2) is 50.4 Å². The van der Waals surface area contributed by atoms with Crippen LogP contribution in [0.3, 0.4) is 0 Å². The van der Waals surface area contributed by atoms with Crippen molar-refractivity contribution in [3.05, 3.63) is 53.1 Å². The van der Waals surface area contributed by atoms with Crippen molar-refractivity contribution in [1.82, 2.24) is 15.5 Å². The molecule has 6 nitrogen and oxygen atoms in total. The van der Waals surface area contributed by atoms with Crippen molar-refractivity contribution in [2.45, 2.75) is 11.6 Å². The summed E-state index contributed by atoms with van der Waals surface area (Å²) in [5.74, 6) is 0.650. The van der Waals surface area contributed by atoms with Gasteiger partial charge >= 0.3 is 0 Å². The minimum Gasteiger partial charge on any atom is -0.445 e. The van der Waals surface area contributed by atoms with E-state index >= 15 is 0 Å². The molecule has 0 unspecified atom stereocenters. The van der Waals surface area contributed by atoms with Gasteiger partial charge in [-0.05, 0) is 42.7 Å². The van der Waals surface area contributed by atoms with Crippen molar-refractivity contribution in [3.8, 4) is 11.4 Å². The van der Waals surface area contributed by atoms with Crippen molar-refractivity contribution < 1.29 is 13.7 Å². The molecule has 0 spiro atoms. The van der Waals surface area contributed by atoms with Crippen LogP contribution < -0.4 is 5.32 Å². The number of hydrogen-bond donors (Lipinski definition) is 1. The molecule has 0 aliphatic carbocycles. The molecule has 0 aliphatic rings. The molecule has 118 valence electrons. The Morgan fingerprint density at radius 2 is 2.04 bits per heavy atom. The third-order valence-corrected chi connectivity index (χ3v) is 3.85. The fourth-order valence-electron chi connectivity index (χ4n) is 1.84. The van der Waals surface area contributed by atoms with E-state index in [1.54, 1.807) is 36.4 Å². The standard InChI is InChI=1S/C15H12ClN3O3S/c1-23-13-7-6-11(21-13)15(20)17-8-12-18-14(19-22-12)9-2-4-10(16)5-3-9/h2-7H,8H2,1H3,(H,17,20). The van der Waals surface area contributed by atoms with Gasteiger partial charge in [0, 0.05) is 10.6 Å². The zero-order valence-corrected chi connectivity index (χ0v) is 13.6. The number of nitrogens with zero attached hydrogens (tertiary/aromatic N) is 2. The third-order valence-electron chi connectivity index (χ3n) is 2.98. The van der Waals surface area contributed by atoms with Crippen molar-refractivity contribution >= 4 is 29.3 Å². The number of carbonyl (C=O) groups excluding carboxylic acids is 1. The molecule has 1 amide bonds. The van der Waals surface area contributed by atoms with E-state index in [0.29, 0.717) is 21.8 Å². The number of carbonyl (C=O) groups is 1. The topological polar surface area (TPSA) is 81.2 Å². The Hall–Kier alpha value is -2.25. The summed E-state index contributed by atoms with van der Waals surface area (Å²) in [6.07, 6.45) is 1.87. The van der Waals surface area contributed by atoms with E-state index in [4.69, 9.17) is 20.5 Å². The highest BCUT2D eigenvalue weighted by Gasteiger charge is 2.13. The third kappa shape index (κ3) is 3.75. The summed E-state index contributed by atoms with van der Waals surface area (Å²) >= 11 is 7.26. The average Bonchev–Trinajstić information content (AvgIpc) is 3.22. The zero-order chi connectivity index (χ0) is 16.2. The predicted molar refractivity (Wildman–Crippen MR) is 86.4 cm³/mol. The summed E-state index contributed by atoms with van der Waals surface area (Å²) in [7, 11) is 0. The molecule has 1 aromatic carbocycles. The second-order valence-electron chi connectivity index (χ2n) is 4.52. The van der Waals surface area contributed by atoms with Gasteiger partial charge < -0.3 is 14.3 Å². The maximum Gasteiger partial charge on any atom is 0.287 e. The summed E-state index contributed by atoms with van der Waals surface area (Å²) < 4.78 is 10.5. The number of nitrogens with one attached hydrogen (secondary N) is 1. The van der Waals surface area contributed by atoms with E-state index in [2.05, 4.69) is 15.5 Å². The van der Waals surface area contributed by atoms with Crippen LogP contribution in [0.4, 0.5) is 0 Å². The molecule has 0 bridgehead atoms. The Kier molecular flexibility index (Phi) is 4.68. The quantitative estimate of drug-likeness (QED) is 0.708. The smallest absolute Gasteiger partial charge is 0.287 e. The molecule has 3 aromatic rings. The maximum absolute atomic E-state index is 11.9. The van der Waals surface area contributed by atoms with Gasteiger partial charge in [-0.1, -0.05) is 28.5 Å². The molecule has 0 saturated heterocycles. The predicted octanol–water partition coefficient (Wildman–Crippen LogP) is 3.63. The molecule has 0 atom stereocenters. The van der Waals surface area contributed by atoms with Gasteiger partial charge in [-0.15, -0.1) is 0 Å². The number of halogens is 1. The lowest BCUT2D eigenvalue weighted by Crippen LogP contribution is -2.22. The maximum atomic E-state index is 11.9. The van der Waals surface area contributed by atoms with Gasteiger partial charge in [0.05, 0.1) is 6.54 Å². The molecule has 2 aromatic heterocycles. The number of amides is 1. The highest BCUT2D eigenvalue weighted by molar-refractivity contribution is 7.98. The molecule has 0 fully saturated rings. The Balaban J connectivity index is 1.63. The molecular weight excluding hydrogens is 338 g/mol. The fourth-order valence-corrected chi connectivity index (χ4v) is 2.34. The van der Waals surface area contributed by atoms with Crippen molar-refractivity contribution in [2.75, 3.05) is 6.26 Å². The number of thioether (sulfide) groups is 1. The summed E-state index contributed by atoms with van der Waals surface area (Å²) in [4.78, 5) is 16.2. The molecule has 3 rings (SSSR count). The zero-order valence-electron chi connectivity index (χ0n) is 12.1. The minimum atomic E-state index is -0.337. The lowest BCUT2D eigenvalue weighted by molar-refractivity contribution is 0.0913. The van der Waals surface area contributed by atoms with E-state index in [1.807, 2.05) is 6.26 Å². The monoisotopic (exact) mass is 349 g/mol. The molecular formula is C15H12ClN3O3S. The van der Waals surface area contributed by atoms with Gasteiger partial charge in [0.1, 0.15) is 0 Å². The van der Waals surface area contributed by atoms with E-state index in [1.165, 1.54) is 11.8 Å². The van der Waals surface area contributed by atoms with Gasteiger partial charge in [0.25, 0.3) is 5.91 Å². The van der Waals surface area contributed by atoms with Gasteiger partial charge in [-0.3, -0.25) is 4.79 Å². The largest absolute Gasteiger partial charge is 0.445 e. The van der Waals surface area contributed by atoms with Crippen LogP contribution in [-0.2, 0) is 6.54 Å². The van der Waals surface area contributed by atoms with E-state index in [-0.39, 0.29) is 18.2 Å². The molecule has 23 heavy (non-hydrogen) atoms. The van der Waals surface area contributed by atoms with Crippen LogP contribution in [0.5, 0.6) is 0 Å². The summed E-state index contributed by atoms with van der Waals surface area (Å²) in [6, 6.07) is 10.4. The van der Waals surface area contributed by atoms with E-state index < -0.39 is 0 Å². The van der Waals surface area contributed by atoms with Gasteiger partial charge in [-0.25, -0.2) is 0 Å². The molecule has 1 N–H and O–H groups in total. The molecule has 0 saturated carbocycles. The summed E-state index contributed by atoms with van der Waals surface area (Å²) in [5.41, 5.74) is 0.784. The van der Waals surface area contributed by atoms with Crippen LogP contribution >= 0.6 is 23.4 Å². The normalized spacial score (nSPS) is 10.7. The minimum absolute atomic E-state index is 0.120. The average molecular weight is 350 g/mol. The lowest BCUT2D eigenvalue weighted by atomic mass is 10.2. The van der Waals surface area contributed by atoms with Crippen molar-refractivity contribution in [2.24, 2.45) is 0 Å². The first-order valence-corrected chi connectivity index (χ1v) is 8.26. The summed E-state index contributed by atoms with van der Waals surface area (Å²) in [5, 5.41) is 7.86. The Morgan fingerprint density at radius 3 is 2.74 bits per heavy atom. The van der Waals surface area contributed by atoms with Gasteiger partial charge in [0.15, 0.2) is 10.9 Å². The lowest BCUT2D eigenvalue weighted by Gasteiger charge is -1.98. The second-order valence-corrected chi connectivity index (χ2v) is 5.77. The number of aromatic nitrogens is 2. The number of rotatable bonds is 5. The number of furan rings is 1. The molecule has 2 heterocycles. The van der Waals surface area contributed by atoms with Crippen LogP contribution in [-0.4, -0.2) is 22.3 Å². The first kappa shape index (κ1) is 15.6. The first-order chi connectivity index (χ1) is 11.2. The highest BCUT2D eigenvalue weighted by Crippen LogP contribution is 2.19. The van der Waals surface area contributed by atoms with E-state index in [0.717, 1.165) is 5.56 Å². The van der Waals surface area contributed by atoms with Crippen molar-refractivity contribution in [1.29, 1.82) is 0 Å². The fraction of sp³-hybridized carbons (Fsp3) is 0.133. The van der Waals surface area contributed by atoms with Crippen LogP contribution in [0.1, 0.15) is 16.4 Å². The second kappa shape index (κ2) is 6.89. The first-order valence-electron chi connectivity index (χ1n) is 6.66. The Bertz CT molecular complexity index is 813. The molecule has 0 aliphatic heterocycles. The molecule has 0 radical (unpaired) electrons. The highest BCUT2D eigenvalue weighted by atomic mass is 35.5. The summed E-state index contributed by atoms with van der Waals surface area (Å²) in [6.45, 7) is 0.120. The number of hydrogen-bond acceptors (Lipinski definition) is 6. The molecule has 8 heteroatoms. The van der Waals surface area contributed by atoms with Gasteiger partial charge in [0.2, 0.25) is 11.7 Å². The van der Waals surface area contributed by atoms with E-state index in [9.17, 15) is 4.79 Å². The van der Waals surface area contributed by atoms with Gasteiger partial charge in [-0.2, -0.15) is 4.98 Å². The Morgan fingerprint density at radius 1 is 1.26 bits per heavy atom.